The van der Waals surface area contributed by atoms with E-state index >= 15 is 0 Å². The zero-order valence-corrected chi connectivity index (χ0v) is 7.90. The van der Waals surface area contributed by atoms with Gasteiger partial charge in [-0.15, -0.1) is 11.8 Å². The molecule has 1 rings (SSSR count). The number of benzene rings is 1. The van der Waals surface area contributed by atoms with Crippen molar-refractivity contribution in [1.82, 2.24) is 0 Å². The molecule has 0 atom stereocenters. The van der Waals surface area contributed by atoms with Crippen molar-refractivity contribution < 1.29 is 0 Å². The molecule has 0 aliphatic heterocycles. The minimum absolute atomic E-state index is 0.788. The van der Waals surface area contributed by atoms with E-state index in [2.05, 4.69) is 13.0 Å². The summed E-state index contributed by atoms with van der Waals surface area (Å²) in [5.74, 6) is 1.08. The molecule has 0 spiro atoms. The van der Waals surface area contributed by atoms with Crippen molar-refractivity contribution in [2.75, 3.05) is 5.75 Å². The second-order valence-electron chi connectivity index (χ2n) is 2.46. The van der Waals surface area contributed by atoms with E-state index in [0.717, 1.165) is 22.6 Å². The Bertz CT molecular complexity index is 288. The first-order valence-corrected chi connectivity index (χ1v) is 4.99. The van der Waals surface area contributed by atoms with Crippen molar-refractivity contribution in [2.45, 2.75) is 18.2 Å². The third kappa shape index (κ3) is 2.28. The second-order valence-corrected chi connectivity index (χ2v) is 3.59. The summed E-state index contributed by atoms with van der Waals surface area (Å²) < 4.78 is 0. The van der Waals surface area contributed by atoms with Crippen LogP contribution >= 0.6 is 11.8 Å². The number of nitrogens with zero attached hydrogens (tertiary/aromatic N) is 1. The highest BCUT2D eigenvalue weighted by Gasteiger charge is 1.98. The summed E-state index contributed by atoms with van der Waals surface area (Å²) in [5.41, 5.74) is 0.788. The van der Waals surface area contributed by atoms with Crippen molar-refractivity contribution in [3.63, 3.8) is 0 Å². The Kier molecular flexibility index (Phi) is 3.69. The monoisotopic (exact) mass is 177 g/mol. The van der Waals surface area contributed by atoms with Crippen molar-refractivity contribution in [2.24, 2.45) is 0 Å². The smallest absolute Gasteiger partial charge is 0.100 e. The molecule has 1 aromatic carbocycles. The van der Waals surface area contributed by atoms with Gasteiger partial charge in [0.2, 0.25) is 0 Å². The normalized spacial score (nSPS) is 9.33. The number of nitriles is 1. The van der Waals surface area contributed by atoms with Gasteiger partial charge in [0, 0.05) is 4.90 Å². The van der Waals surface area contributed by atoms with Crippen LogP contribution in [0.5, 0.6) is 0 Å². The van der Waals surface area contributed by atoms with Crippen LogP contribution in [0.3, 0.4) is 0 Å². The highest BCUT2D eigenvalue weighted by atomic mass is 32.2. The zero-order chi connectivity index (χ0) is 8.81. The van der Waals surface area contributed by atoms with Crippen LogP contribution < -0.4 is 0 Å². The molecule has 0 bridgehead atoms. The lowest BCUT2D eigenvalue weighted by atomic mass is 10.2. The third-order valence-corrected chi connectivity index (χ3v) is 2.75. The molecule has 1 aromatic rings. The van der Waals surface area contributed by atoms with Gasteiger partial charge in [0.1, 0.15) is 6.07 Å². The zero-order valence-electron chi connectivity index (χ0n) is 7.08. The first kappa shape index (κ1) is 9.15. The van der Waals surface area contributed by atoms with E-state index in [1.54, 1.807) is 11.8 Å². The Morgan fingerprint density at radius 2 is 2.17 bits per heavy atom. The summed E-state index contributed by atoms with van der Waals surface area (Å²) in [6.07, 6.45) is 1.14. The van der Waals surface area contributed by atoms with Gasteiger partial charge in [0.15, 0.2) is 0 Å². The van der Waals surface area contributed by atoms with Gasteiger partial charge >= 0.3 is 0 Å². The number of rotatable bonds is 3. The SMILES string of the molecule is CCCSc1ccccc1C#N. The van der Waals surface area contributed by atoms with Crippen LogP contribution in [0.15, 0.2) is 29.2 Å². The quantitative estimate of drug-likeness (QED) is 0.662. The van der Waals surface area contributed by atoms with Crippen LogP contribution in [0, 0.1) is 11.3 Å². The fraction of sp³-hybridized carbons (Fsp3) is 0.300. The average Bonchev–Trinajstić information content (AvgIpc) is 2.15. The maximum Gasteiger partial charge on any atom is 0.100 e. The van der Waals surface area contributed by atoms with E-state index in [9.17, 15) is 0 Å². The van der Waals surface area contributed by atoms with E-state index in [-0.39, 0.29) is 0 Å². The minimum Gasteiger partial charge on any atom is -0.192 e. The standard InChI is InChI=1S/C10H11NS/c1-2-7-12-10-6-4-3-5-9(10)8-11/h3-6H,2,7H2,1H3. The number of thioether (sulfide) groups is 1. The lowest BCUT2D eigenvalue weighted by molar-refractivity contribution is 1.10. The van der Waals surface area contributed by atoms with Crippen LogP contribution in [-0.2, 0) is 0 Å². The lowest BCUT2D eigenvalue weighted by Crippen LogP contribution is -1.81. The van der Waals surface area contributed by atoms with Crippen LogP contribution in [-0.4, -0.2) is 5.75 Å². The molecule has 0 radical (unpaired) electrons. The summed E-state index contributed by atoms with van der Waals surface area (Å²) in [5, 5.41) is 8.75. The van der Waals surface area contributed by atoms with E-state index in [0.29, 0.717) is 0 Å². The molecule has 0 aromatic heterocycles. The van der Waals surface area contributed by atoms with Crippen molar-refractivity contribution in [1.29, 1.82) is 5.26 Å². The lowest BCUT2D eigenvalue weighted by Gasteiger charge is -2.00. The molecule has 0 saturated carbocycles. The summed E-state index contributed by atoms with van der Waals surface area (Å²) in [7, 11) is 0. The Hall–Kier alpha value is -0.940. The average molecular weight is 177 g/mol. The van der Waals surface area contributed by atoms with Gasteiger partial charge in [-0.1, -0.05) is 19.1 Å². The number of hydrogen-bond donors (Lipinski definition) is 0. The van der Waals surface area contributed by atoms with Crippen LogP contribution in [0.25, 0.3) is 0 Å². The van der Waals surface area contributed by atoms with Crippen LogP contribution in [0.4, 0.5) is 0 Å². The Balaban J connectivity index is 2.77. The molecule has 0 heterocycles. The molecule has 0 fully saturated rings. The Labute approximate surface area is 77.4 Å². The summed E-state index contributed by atoms with van der Waals surface area (Å²) in [6, 6.07) is 9.91. The van der Waals surface area contributed by atoms with Gasteiger partial charge in [-0.3, -0.25) is 0 Å². The predicted octanol–water partition coefficient (Wildman–Crippen LogP) is 3.06. The molecule has 0 aliphatic carbocycles. The van der Waals surface area contributed by atoms with Gasteiger partial charge < -0.3 is 0 Å². The highest BCUT2D eigenvalue weighted by Crippen LogP contribution is 2.22. The fourth-order valence-corrected chi connectivity index (χ4v) is 1.76. The van der Waals surface area contributed by atoms with Crippen LogP contribution in [0.1, 0.15) is 18.9 Å². The molecule has 0 unspecified atom stereocenters. The van der Waals surface area contributed by atoms with E-state index in [4.69, 9.17) is 5.26 Å². The Morgan fingerprint density at radius 1 is 1.42 bits per heavy atom. The summed E-state index contributed by atoms with van der Waals surface area (Å²) >= 11 is 1.75. The topological polar surface area (TPSA) is 23.8 Å². The summed E-state index contributed by atoms with van der Waals surface area (Å²) in [4.78, 5) is 1.10. The Morgan fingerprint density at radius 3 is 2.83 bits per heavy atom. The second kappa shape index (κ2) is 4.84. The largest absolute Gasteiger partial charge is 0.192 e. The van der Waals surface area contributed by atoms with Gasteiger partial charge in [-0.25, -0.2) is 0 Å². The van der Waals surface area contributed by atoms with E-state index in [1.807, 2.05) is 24.3 Å². The van der Waals surface area contributed by atoms with Gasteiger partial charge in [0.25, 0.3) is 0 Å². The number of hydrogen-bond acceptors (Lipinski definition) is 2. The molecule has 0 saturated heterocycles. The van der Waals surface area contributed by atoms with E-state index < -0.39 is 0 Å². The van der Waals surface area contributed by atoms with E-state index in [1.165, 1.54) is 0 Å². The molecule has 12 heavy (non-hydrogen) atoms. The van der Waals surface area contributed by atoms with Crippen molar-refractivity contribution in [3.8, 4) is 6.07 Å². The molecule has 1 nitrogen and oxygen atoms in total. The molecule has 62 valence electrons. The summed E-state index contributed by atoms with van der Waals surface area (Å²) in [6.45, 7) is 2.14. The molecule has 0 N–H and O–H groups in total. The van der Waals surface area contributed by atoms with Gasteiger partial charge in [-0.05, 0) is 24.3 Å². The van der Waals surface area contributed by atoms with Crippen molar-refractivity contribution in [3.05, 3.63) is 29.8 Å². The first-order valence-electron chi connectivity index (χ1n) is 4.00. The van der Waals surface area contributed by atoms with Crippen molar-refractivity contribution >= 4 is 11.8 Å². The third-order valence-electron chi connectivity index (χ3n) is 1.47. The van der Waals surface area contributed by atoms with Gasteiger partial charge in [-0.2, -0.15) is 5.26 Å². The molecule has 0 aliphatic rings. The maximum absolute atomic E-state index is 8.75. The maximum atomic E-state index is 8.75. The molecule has 0 amide bonds. The predicted molar refractivity (Wildman–Crippen MR) is 52.2 cm³/mol. The van der Waals surface area contributed by atoms with Crippen LogP contribution in [0.2, 0.25) is 0 Å². The van der Waals surface area contributed by atoms with Gasteiger partial charge in [0.05, 0.1) is 5.56 Å². The highest BCUT2D eigenvalue weighted by molar-refractivity contribution is 7.99. The minimum atomic E-state index is 0.788. The molecular formula is C10H11NS. The molecule has 2 heteroatoms. The fourth-order valence-electron chi connectivity index (χ4n) is 0.897. The molecular weight excluding hydrogens is 166 g/mol. The first-order chi connectivity index (χ1) is 5.88.